The first-order valence-electron chi connectivity index (χ1n) is 0.267. The quantitative estimate of drug-likeness (QED) is 0.394. The average Bonchev–Trinajstić information content (AvgIpc) is 0.918. The van der Waals surface area contributed by atoms with Crippen molar-refractivity contribution < 1.29 is 49.5 Å². The fraction of sp³-hybridized carbons (Fsp3) is 0. The van der Waals surface area contributed by atoms with Crippen LogP contribution in [0.2, 0.25) is 0 Å². The number of rotatable bonds is 0. The normalized spacial score (nSPS) is 2.75. The first kappa shape index (κ1) is 58.3. The van der Waals surface area contributed by atoms with E-state index in [-0.39, 0.29) is 49.5 Å². The summed E-state index contributed by atoms with van der Waals surface area (Å²) in [6.45, 7) is 0. The van der Waals surface area contributed by atoms with E-state index in [0.717, 1.165) is 0 Å². The van der Waals surface area contributed by atoms with Crippen molar-refractivity contribution in [2.45, 2.75) is 0 Å². The van der Waals surface area contributed by atoms with Crippen molar-refractivity contribution in [2.75, 3.05) is 0 Å². The third kappa shape index (κ3) is 165. The topological polar surface area (TPSA) is 126 Å². The Balaban J connectivity index is -0.00000000200. The molecule has 8 heavy (non-hydrogen) atoms. The zero-order valence-corrected chi connectivity index (χ0v) is 7.49. The Labute approximate surface area is 68.9 Å². The van der Waals surface area contributed by atoms with Gasteiger partial charge in [-0.1, -0.05) is 0 Å². The second-order valence-electron chi connectivity index (χ2n) is 0.0505. The monoisotopic (exact) mass is 279 g/mol. The standard InChI is InChI=1S/3ClH.4H2O.Ru/h3*1H;4*1H2;/q;;;;;;;+2/p-3. The van der Waals surface area contributed by atoms with Gasteiger partial charge in [-0.15, -0.1) is 0 Å². The first-order chi connectivity index (χ1) is 1.41. The fourth-order valence-electron chi connectivity index (χ4n) is 0. The zero-order valence-electron chi connectivity index (χ0n) is 3.49. The van der Waals surface area contributed by atoms with Crippen LogP contribution >= 0.6 is 19.4 Å². The van der Waals surface area contributed by atoms with Crippen molar-refractivity contribution in [3.63, 3.8) is 0 Å². The summed E-state index contributed by atoms with van der Waals surface area (Å²) in [6.07, 6.45) is 0. The summed E-state index contributed by atoms with van der Waals surface area (Å²) in [4.78, 5) is 0. The fourth-order valence-corrected chi connectivity index (χ4v) is 0. The minimum atomic E-state index is -0.346. The molecule has 0 aliphatic rings. The van der Waals surface area contributed by atoms with Crippen molar-refractivity contribution in [1.29, 1.82) is 0 Å². The van der Waals surface area contributed by atoms with E-state index >= 15 is 0 Å². The molecule has 62 valence electrons. The Hall–Kier alpha value is 1.33. The summed E-state index contributed by atoms with van der Waals surface area (Å²) in [5.41, 5.74) is 0. The average molecular weight is 279 g/mol. The molecular formula is H8Cl3O4Ru-. The van der Waals surface area contributed by atoms with Gasteiger partial charge in [-0.05, 0) is 0 Å². The Kier molecular flexibility index (Phi) is 600. The molecule has 4 nitrogen and oxygen atoms in total. The maximum absolute atomic E-state index is 4.85. The first-order valence-corrected chi connectivity index (χ1v) is 4.74. The Morgan fingerprint density at radius 1 is 0.750 bits per heavy atom. The molecule has 0 aliphatic heterocycles. The van der Waals surface area contributed by atoms with Crippen LogP contribution in [0.25, 0.3) is 0 Å². The van der Waals surface area contributed by atoms with Gasteiger partial charge in [0.05, 0.1) is 0 Å². The van der Waals surface area contributed by atoms with Gasteiger partial charge in [-0.2, -0.15) is 0 Å². The summed E-state index contributed by atoms with van der Waals surface area (Å²) < 4.78 is 0. The minimum absolute atomic E-state index is 0. The molecule has 8 heteroatoms. The van der Waals surface area contributed by atoms with Crippen LogP contribution in [0.5, 0.6) is 0 Å². The van der Waals surface area contributed by atoms with Crippen molar-refractivity contribution >= 4 is 19.4 Å². The predicted molar refractivity (Wildman–Crippen MR) is 26.2 cm³/mol. The van der Waals surface area contributed by atoms with Crippen molar-refractivity contribution in [1.82, 2.24) is 0 Å². The third-order valence-electron chi connectivity index (χ3n) is 0. The molecule has 0 unspecified atom stereocenters. The number of hydrogen-bond acceptors (Lipinski definition) is 0. The van der Waals surface area contributed by atoms with Crippen molar-refractivity contribution in [3.05, 3.63) is 0 Å². The van der Waals surface area contributed by atoms with Crippen LogP contribution in [0, 0.1) is 0 Å². The second-order valence-corrected chi connectivity index (χ2v) is 2.69. The maximum atomic E-state index is 4.85. The van der Waals surface area contributed by atoms with Gasteiger partial charge in [-0.25, -0.2) is 0 Å². The summed E-state index contributed by atoms with van der Waals surface area (Å²) in [6, 6.07) is 0. The molecule has 0 radical (unpaired) electrons. The molecule has 0 aromatic heterocycles. The van der Waals surface area contributed by atoms with Gasteiger partial charge in [0.25, 0.3) is 0 Å². The Bertz CT molecular complexity index is 11.2. The Morgan fingerprint density at radius 2 is 0.750 bits per heavy atom. The third-order valence-corrected chi connectivity index (χ3v) is 0. The molecule has 8 N–H and O–H groups in total. The molecule has 0 bridgehead atoms. The van der Waals surface area contributed by atoms with Crippen LogP contribution in [0.1, 0.15) is 0 Å². The number of halogens is 3. The summed E-state index contributed by atoms with van der Waals surface area (Å²) in [5, 5.41) is 0. The van der Waals surface area contributed by atoms with Gasteiger partial charge < -0.3 is 34.3 Å². The van der Waals surface area contributed by atoms with Gasteiger partial charge in [-0.3, -0.25) is 0 Å². The van der Waals surface area contributed by atoms with Gasteiger partial charge in [0.1, 0.15) is 0 Å². The van der Waals surface area contributed by atoms with E-state index in [1.54, 1.807) is 0 Å². The van der Waals surface area contributed by atoms with E-state index in [1.165, 1.54) is 0 Å². The predicted octanol–water partition coefficient (Wildman–Crippen LogP) is -4.92. The van der Waals surface area contributed by atoms with E-state index in [2.05, 4.69) is 0 Å². The van der Waals surface area contributed by atoms with Crippen LogP contribution in [0.15, 0.2) is 0 Å². The molecule has 0 amide bonds. The molecule has 0 saturated heterocycles. The van der Waals surface area contributed by atoms with Crippen molar-refractivity contribution in [2.24, 2.45) is 0 Å². The SMILES string of the molecule is O.O.O.O.[Cl-].[Cl][Ru][Cl]. The van der Waals surface area contributed by atoms with E-state index in [9.17, 15) is 0 Å². The molecule has 0 spiro atoms. The summed E-state index contributed by atoms with van der Waals surface area (Å²) >= 11 is -0.346. The van der Waals surface area contributed by atoms with E-state index < -0.39 is 0 Å². The summed E-state index contributed by atoms with van der Waals surface area (Å²) in [7, 11) is 9.71. The number of hydrogen-bond donors (Lipinski definition) is 0. The van der Waals surface area contributed by atoms with Crippen molar-refractivity contribution in [3.8, 4) is 0 Å². The zero-order chi connectivity index (χ0) is 2.71. The molecular weight excluding hydrogens is 271 g/mol. The van der Waals surface area contributed by atoms with Crippen LogP contribution in [-0.2, 0) is 15.1 Å². The molecule has 0 aliphatic carbocycles. The van der Waals surface area contributed by atoms with Crippen LogP contribution < -0.4 is 12.4 Å². The molecule has 0 rings (SSSR count). The van der Waals surface area contributed by atoms with E-state index in [1.807, 2.05) is 0 Å². The Morgan fingerprint density at radius 3 is 0.750 bits per heavy atom. The molecule has 0 aromatic rings. The van der Waals surface area contributed by atoms with Gasteiger partial charge >= 0.3 is 34.5 Å². The van der Waals surface area contributed by atoms with Gasteiger partial charge in [0.2, 0.25) is 0 Å². The van der Waals surface area contributed by atoms with Crippen LogP contribution in [0.3, 0.4) is 0 Å². The molecule has 0 atom stereocenters. The summed E-state index contributed by atoms with van der Waals surface area (Å²) in [5.74, 6) is 0. The molecule has 0 saturated carbocycles. The van der Waals surface area contributed by atoms with Gasteiger partial charge in [0, 0.05) is 0 Å². The van der Waals surface area contributed by atoms with E-state index in [0.29, 0.717) is 0 Å². The molecule has 0 fully saturated rings. The van der Waals surface area contributed by atoms with Gasteiger partial charge in [0.15, 0.2) is 0 Å². The van der Waals surface area contributed by atoms with Crippen LogP contribution in [0.4, 0.5) is 0 Å². The second kappa shape index (κ2) is 82.3. The molecule has 0 aromatic carbocycles. The molecule has 0 heterocycles. The van der Waals surface area contributed by atoms with Crippen LogP contribution in [-0.4, -0.2) is 21.9 Å². The van der Waals surface area contributed by atoms with E-state index in [4.69, 9.17) is 19.4 Å².